The van der Waals surface area contributed by atoms with Crippen LogP contribution < -0.4 is 10.6 Å². The quantitative estimate of drug-likeness (QED) is 0.185. The molecule has 0 saturated heterocycles. The van der Waals surface area contributed by atoms with E-state index in [-0.39, 0.29) is 24.0 Å². The van der Waals surface area contributed by atoms with E-state index >= 15 is 0 Å². The predicted octanol–water partition coefficient (Wildman–Crippen LogP) is 4.02. The highest BCUT2D eigenvalue weighted by Gasteiger charge is 2.20. The van der Waals surface area contributed by atoms with E-state index in [2.05, 4.69) is 60.6 Å². The average molecular weight is 502 g/mol. The first-order valence-electron chi connectivity index (χ1n) is 10.6. The zero-order chi connectivity index (χ0) is 19.3. The molecule has 0 aliphatic heterocycles. The summed E-state index contributed by atoms with van der Waals surface area (Å²) in [5, 5.41) is 6.72. The van der Waals surface area contributed by atoms with E-state index in [1.165, 1.54) is 24.0 Å². The van der Waals surface area contributed by atoms with Crippen molar-refractivity contribution in [3.63, 3.8) is 0 Å². The van der Waals surface area contributed by atoms with E-state index in [1.54, 1.807) is 0 Å². The summed E-state index contributed by atoms with van der Waals surface area (Å²) in [5.74, 6) is 1.72. The summed E-state index contributed by atoms with van der Waals surface area (Å²) in [6.07, 6.45) is 3.72. The van der Waals surface area contributed by atoms with Crippen LogP contribution in [0, 0.1) is 5.92 Å². The van der Waals surface area contributed by atoms with Crippen molar-refractivity contribution in [3.8, 4) is 0 Å². The molecule has 0 bridgehead atoms. The molecule has 2 N–H and O–H groups in total. The molecule has 6 heteroatoms. The van der Waals surface area contributed by atoms with Gasteiger partial charge < -0.3 is 15.4 Å². The van der Waals surface area contributed by atoms with Gasteiger partial charge in [0.05, 0.1) is 6.54 Å². The van der Waals surface area contributed by atoms with Gasteiger partial charge in [0.1, 0.15) is 0 Å². The number of guanidine groups is 1. The van der Waals surface area contributed by atoms with Crippen LogP contribution in [0.5, 0.6) is 0 Å². The normalized spacial score (nSPS) is 14.1. The Morgan fingerprint density at radius 2 is 1.75 bits per heavy atom. The number of aliphatic imine (C=N–C) groups is 1. The Balaban J connectivity index is 0.00000392. The molecule has 0 aromatic heterocycles. The minimum atomic E-state index is 0. The van der Waals surface area contributed by atoms with Gasteiger partial charge in [-0.2, -0.15) is 0 Å². The van der Waals surface area contributed by atoms with Crippen molar-refractivity contribution in [2.24, 2.45) is 10.9 Å². The number of nitrogens with zero attached hydrogens (tertiary/aromatic N) is 2. The van der Waals surface area contributed by atoms with E-state index in [4.69, 9.17) is 9.73 Å². The molecular weight excluding hydrogens is 463 g/mol. The van der Waals surface area contributed by atoms with Crippen LogP contribution >= 0.6 is 24.0 Å². The second-order valence-corrected chi connectivity index (χ2v) is 7.27. The van der Waals surface area contributed by atoms with Crippen molar-refractivity contribution in [1.82, 2.24) is 15.5 Å². The summed E-state index contributed by atoms with van der Waals surface area (Å²) in [4.78, 5) is 7.13. The minimum Gasteiger partial charge on any atom is -0.381 e. The topological polar surface area (TPSA) is 48.9 Å². The molecule has 1 aliphatic rings. The van der Waals surface area contributed by atoms with Crippen LogP contribution in [0.3, 0.4) is 0 Å². The van der Waals surface area contributed by atoms with E-state index < -0.39 is 0 Å². The lowest BCUT2D eigenvalue weighted by molar-refractivity contribution is 0.123. The Morgan fingerprint density at radius 3 is 2.36 bits per heavy atom. The van der Waals surface area contributed by atoms with Gasteiger partial charge in [-0.3, -0.25) is 4.90 Å². The second-order valence-electron chi connectivity index (χ2n) is 7.27. The Kier molecular flexibility index (Phi) is 13.5. The van der Waals surface area contributed by atoms with Crippen LogP contribution in [0.1, 0.15) is 51.2 Å². The minimum absolute atomic E-state index is 0. The smallest absolute Gasteiger partial charge is 0.191 e. The lowest BCUT2D eigenvalue weighted by atomic mass is 10.1. The number of benzene rings is 1. The summed E-state index contributed by atoms with van der Waals surface area (Å²) in [5.41, 5.74) is 2.60. The lowest BCUT2D eigenvalue weighted by Gasteiger charge is -2.18. The Hall–Kier alpha value is -0.860. The largest absolute Gasteiger partial charge is 0.381 e. The zero-order valence-electron chi connectivity index (χ0n) is 17.9. The fraction of sp³-hybridized carbons (Fsp3) is 0.682. The Bertz CT molecular complexity index is 542. The molecule has 1 saturated carbocycles. The summed E-state index contributed by atoms with van der Waals surface area (Å²) in [6, 6.07) is 8.83. The molecule has 5 nitrogen and oxygen atoms in total. The standard InChI is InChI=1S/C22H38N4O.HI/c1-4-23-22(24-14-7-15-27-18-21-12-13-21)25-16-19-8-10-20(11-9-19)17-26(5-2)6-3;/h8-11,21H,4-7,12-18H2,1-3H3,(H2,23,24,25);1H. The Morgan fingerprint density at radius 1 is 1.07 bits per heavy atom. The van der Waals surface area contributed by atoms with E-state index in [9.17, 15) is 0 Å². The van der Waals surface area contributed by atoms with Crippen LogP contribution in [0.25, 0.3) is 0 Å². The van der Waals surface area contributed by atoms with Crippen molar-refractivity contribution < 1.29 is 4.74 Å². The molecule has 160 valence electrons. The van der Waals surface area contributed by atoms with Crippen molar-refractivity contribution >= 4 is 29.9 Å². The maximum absolute atomic E-state index is 5.68. The maximum atomic E-state index is 5.68. The van der Waals surface area contributed by atoms with Gasteiger partial charge in [0.15, 0.2) is 5.96 Å². The van der Waals surface area contributed by atoms with E-state index in [0.29, 0.717) is 6.54 Å². The van der Waals surface area contributed by atoms with E-state index in [1.807, 2.05) is 0 Å². The van der Waals surface area contributed by atoms with Crippen molar-refractivity contribution in [2.45, 2.75) is 53.1 Å². The summed E-state index contributed by atoms with van der Waals surface area (Å²) in [7, 11) is 0. The highest BCUT2D eigenvalue weighted by molar-refractivity contribution is 14.0. The number of halogens is 1. The predicted molar refractivity (Wildman–Crippen MR) is 129 cm³/mol. The SMILES string of the molecule is CCNC(=NCc1ccc(CN(CC)CC)cc1)NCCCOCC1CC1.I. The van der Waals surface area contributed by atoms with Gasteiger partial charge in [-0.25, -0.2) is 4.99 Å². The summed E-state index contributed by atoms with van der Waals surface area (Å²) < 4.78 is 5.68. The van der Waals surface area contributed by atoms with Gasteiger partial charge >= 0.3 is 0 Å². The highest BCUT2D eigenvalue weighted by Crippen LogP contribution is 2.28. The highest BCUT2D eigenvalue weighted by atomic mass is 127. The van der Waals surface area contributed by atoms with Crippen LogP contribution in [-0.2, 0) is 17.8 Å². The number of nitrogens with one attached hydrogen (secondary N) is 2. The van der Waals surface area contributed by atoms with Gasteiger partial charge in [0.25, 0.3) is 0 Å². The molecule has 0 unspecified atom stereocenters. The number of hydrogen-bond acceptors (Lipinski definition) is 3. The van der Waals surface area contributed by atoms with E-state index in [0.717, 1.165) is 64.2 Å². The van der Waals surface area contributed by atoms with Gasteiger partial charge in [0.2, 0.25) is 0 Å². The number of rotatable bonds is 13. The second kappa shape index (κ2) is 15.0. The first-order chi connectivity index (χ1) is 13.2. The summed E-state index contributed by atoms with van der Waals surface area (Å²) >= 11 is 0. The number of hydrogen-bond donors (Lipinski definition) is 2. The molecule has 0 spiro atoms. The monoisotopic (exact) mass is 502 g/mol. The third kappa shape index (κ3) is 10.6. The molecular formula is C22H39IN4O. The van der Waals surface area contributed by atoms with Crippen LogP contribution in [0.2, 0.25) is 0 Å². The third-order valence-corrected chi connectivity index (χ3v) is 4.90. The molecule has 0 radical (unpaired) electrons. The van der Waals surface area contributed by atoms with Crippen molar-refractivity contribution in [2.75, 3.05) is 39.4 Å². The summed E-state index contributed by atoms with van der Waals surface area (Å²) in [6.45, 7) is 13.9. The third-order valence-electron chi connectivity index (χ3n) is 4.90. The fourth-order valence-electron chi connectivity index (χ4n) is 2.88. The molecule has 0 amide bonds. The number of ether oxygens (including phenoxy) is 1. The molecule has 1 aromatic rings. The molecule has 1 aromatic carbocycles. The molecule has 2 rings (SSSR count). The molecule has 1 fully saturated rings. The molecule has 1 aliphatic carbocycles. The first-order valence-corrected chi connectivity index (χ1v) is 10.6. The fourth-order valence-corrected chi connectivity index (χ4v) is 2.88. The molecule has 0 atom stereocenters. The maximum Gasteiger partial charge on any atom is 0.191 e. The van der Waals surface area contributed by atoms with Gasteiger partial charge in [-0.15, -0.1) is 24.0 Å². The van der Waals surface area contributed by atoms with Gasteiger partial charge in [-0.05, 0) is 56.3 Å². The van der Waals surface area contributed by atoms with Gasteiger partial charge in [-0.1, -0.05) is 38.1 Å². The average Bonchev–Trinajstić information content (AvgIpc) is 3.52. The van der Waals surface area contributed by atoms with Crippen molar-refractivity contribution in [1.29, 1.82) is 0 Å². The zero-order valence-corrected chi connectivity index (χ0v) is 20.2. The first kappa shape index (κ1) is 25.2. The van der Waals surface area contributed by atoms with Crippen LogP contribution in [-0.4, -0.2) is 50.3 Å². The van der Waals surface area contributed by atoms with Crippen LogP contribution in [0.15, 0.2) is 29.3 Å². The molecule has 0 heterocycles. The van der Waals surface area contributed by atoms with Gasteiger partial charge in [0, 0.05) is 32.8 Å². The van der Waals surface area contributed by atoms with Crippen molar-refractivity contribution in [3.05, 3.63) is 35.4 Å². The lowest BCUT2D eigenvalue weighted by Crippen LogP contribution is -2.38. The Labute approximate surface area is 188 Å². The van der Waals surface area contributed by atoms with Crippen LogP contribution in [0.4, 0.5) is 0 Å². The molecule has 28 heavy (non-hydrogen) atoms.